The zero-order chi connectivity index (χ0) is 13.0. The second-order valence-electron chi connectivity index (χ2n) is 4.57. The van der Waals surface area contributed by atoms with E-state index in [2.05, 4.69) is 10.3 Å². The van der Waals surface area contributed by atoms with Gasteiger partial charge < -0.3 is 10.1 Å². The maximum atomic E-state index is 11.4. The van der Waals surface area contributed by atoms with Gasteiger partial charge >= 0.3 is 5.97 Å². The number of nitrogens with zero attached hydrogens (tertiary/aromatic N) is 1. The van der Waals surface area contributed by atoms with Crippen LogP contribution in [0.1, 0.15) is 25.7 Å². The second kappa shape index (κ2) is 6.05. The third-order valence-corrected chi connectivity index (χ3v) is 3.69. The molecule has 1 aliphatic rings. The Morgan fingerprint density at radius 3 is 2.78 bits per heavy atom. The van der Waals surface area contributed by atoms with Crippen LogP contribution in [0.25, 0.3) is 0 Å². The van der Waals surface area contributed by atoms with Gasteiger partial charge in [-0.05, 0) is 31.7 Å². The van der Waals surface area contributed by atoms with E-state index in [9.17, 15) is 4.79 Å². The molecule has 0 spiro atoms. The molecule has 98 valence electrons. The molecule has 1 aliphatic carbocycles. The van der Waals surface area contributed by atoms with Crippen molar-refractivity contribution in [3.63, 3.8) is 0 Å². The smallest absolute Gasteiger partial charge is 0.308 e. The van der Waals surface area contributed by atoms with E-state index in [4.69, 9.17) is 16.3 Å². The predicted octanol–water partition coefficient (Wildman–Crippen LogP) is 2.88. The third-order valence-electron chi connectivity index (χ3n) is 3.39. The van der Waals surface area contributed by atoms with Crippen LogP contribution in [0.2, 0.25) is 5.02 Å². The van der Waals surface area contributed by atoms with Crippen molar-refractivity contribution in [2.24, 2.45) is 5.92 Å². The molecule has 0 aromatic carbocycles. The number of methoxy groups -OCH3 is 1. The van der Waals surface area contributed by atoms with Crippen molar-refractivity contribution in [2.75, 3.05) is 12.4 Å². The Morgan fingerprint density at radius 2 is 2.17 bits per heavy atom. The number of carbonyl (C=O) groups is 1. The average molecular weight is 269 g/mol. The van der Waals surface area contributed by atoms with Crippen LogP contribution in [0.15, 0.2) is 18.5 Å². The van der Waals surface area contributed by atoms with Crippen LogP contribution >= 0.6 is 11.6 Å². The molecule has 0 bridgehead atoms. The minimum Gasteiger partial charge on any atom is -0.469 e. The van der Waals surface area contributed by atoms with Gasteiger partial charge in [-0.15, -0.1) is 0 Å². The minimum atomic E-state index is -0.0876. The van der Waals surface area contributed by atoms with Gasteiger partial charge in [-0.1, -0.05) is 11.6 Å². The van der Waals surface area contributed by atoms with Crippen LogP contribution in [0, 0.1) is 5.92 Å². The van der Waals surface area contributed by atoms with Crippen molar-refractivity contribution in [2.45, 2.75) is 31.7 Å². The molecular weight excluding hydrogens is 252 g/mol. The molecule has 1 aromatic rings. The molecule has 1 heterocycles. The summed E-state index contributed by atoms with van der Waals surface area (Å²) >= 11 is 6.05. The van der Waals surface area contributed by atoms with E-state index in [0.29, 0.717) is 11.1 Å². The van der Waals surface area contributed by atoms with Gasteiger partial charge in [0.1, 0.15) is 0 Å². The Bertz CT molecular complexity index is 417. The Kier molecular flexibility index (Phi) is 4.42. The van der Waals surface area contributed by atoms with Crippen LogP contribution in [-0.4, -0.2) is 24.1 Å². The molecule has 4 nitrogen and oxygen atoms in total. The summed E-state index contributed by atoms with van der Waals surface area (Å²) in [6.45, 7) is 0. The van der Waals surface area contributed by atoms with E-state index in [1.807, 2.05) is 6.07 Å². The number of pyridine rings is 1. The molecule has 5 heteroatoms. The summed E-state index contributed by atoms with van der Waals surface area (Å²) in [6, 6.07) is 2.24. The zero-order valence-corrected chi connectivity index (χ0v) is 11.1. The Morgan fingerprint density at radius 1 is 1.44 bits per heavy atom. The highest BCUT2D eigenvalue weighted by Crippen LogP contribution is 2.29. The summed E-state index contributed by atoms with van der Waals surface area (Å²) in [5.41, 5.74) is 0.910. The molecule has 2 rings (SSSR count). The van der Waals surface area contributed by atoms with E-state index in [-0.39, 0.29) is 11.9 Å². The van der Waals surface area contributed by atoms with Gasteiger partial charge in [0.25, 0.3) is 0 Å². The quantitative estimate of drug-likeness (QED) is 0.857. The van der Waals surface area contributed by atoms with Gasteiger partial charge in [0.15, 0.2) is 0 Å². The highest BCUT2D eigenvalue weighted by Gasteiger charge is 2.26. The number of rotatable bonds is 3. The molecule has 1 N–H and O–H groups in total. The van der Waals surface area contributed by atoms with Crippen molar-refractivity contribution in [1.29, 1.82) is 0 Å². The second-order valence-corrected chi connectivity index (χ2v) is 4.98. The van der Waals surface area contributed by atoms with Crippen LogP contribution in [0.3, 0.4) is 0 Å². The monoisotopic (exact) mass is 268 g/mol. The van der Waals surface area contributed by atoms with Crippen LogP contribution in [-0.2, 0) is 9.53 Å². The van der Waals surface area contributed by atoms with Crippen molar-refractivity contribution < 1.29 is 9.53 Å². The standard InChI is InChI=1S/C13H17ClN2O2/c1-18-13(17)9-2-4-10(5-3-9)16-12-6-7-15-8-11(12)14/h6-10H,2-5H2,1H3,(H,15,16). The molecule has 0 saturated heterocycles. The van der Waals surface area contributed by atoms with Crippen molar-refractivity contribution in [3.8, 4) is 0 Å². The summed E-state index contributed by atoms with van der Waals surface area (Å²) in [4.78, 5) is 15.4. The number of halogens is 1. The van der Waals surface area contributed by atoms with Crippen LogP contribution < -0.4 is 5.32 Å². The molecular formula is C13H17ClN2O2. The first-order chi connectivity index (χ1) is 8.70. The van der Waals surface area contributed by atoms with Crippen LogP contribution in [0.5, 0.6) is 0 Å². The topological polar surface area (TPSA) is 51.2 Å². The first kappa shape index (κ1) is 13.1. The predicted molar refractivity (Wildman–Crippen MR) is 70.6 cm³/mol. The van der Waals surface area contributed by atoms with Gasteiger partial charge in [0, 0.05) is 18.4 Å². The molecule has 0 radical (unpaired) electrons. The number of anilines is 1. The lowest BCUT2D eigenvalue weighted by molar-refractivity contribution is -0.146. The number of carbonyl (C=O) groups excluding carboxylic acids is 1. The van der Waals surface area contributed by atoms with Gasteiger partial charge in [-0.2, -0.15) is 0 Å². The number of aromatic nitrogens is 1. The Hall–Kier alpha value is -1.29. The summed E-state index contributed by atoms with van der Waals surface area (Å²) in [5.74, 6) is -0.0312. The molecule has 0 amide bonds. The van der Waals surface area contributed by atoms with E-state index in [1.54, 1.807) is 12.4 Å². The summed E-state index contributed by atoms with van der Waals surface area (Å²) < 4.78 is 4.77. The first-order valence-electron chi connectivity index (χ1n) is 6.14. The lowest BCUT2D eigenvalue weighted by Gasteiger charge is -2.28. The van der Waals surface area contributed by atoms with Crippen LogP contribution in [0.4, 0.5) is 5.69 Å². The maximum absolute atomic E-state index is 11.4. The molecule has 0 atom stereocenters. The first-order valence-corrected chi connectivity index (χ1v) is 6.52. The Labute approximate surface area is 112 Å². The minimum absolute atomic E-state index is 0.0564. The normalized spacial score (nSPS) is 23.4. The molecule has 1 aromatic heterocycles. The molecule has 0 aliphatic heterocycles. The van der Waals surface area contributed by atoms with Gasteiger partial charge in [-0.25, -0.2) is 0 Å². The van der Waals surface area contributed by atoms with Crippen molar-refractivity contribution in [3.05, 3.63) is 23.5 Å². The highest BCUT2D eigenvalue weighted by molar-refractivity contribution is 6.33. The lowest BCUT2D eigenvalue weighted by atomic mass is 9.86. The van der Waals surface area contributed by atoms with E-state index >= 15 is 0 Å². The highest BCUT2D eigenvalue weighted by atomic mass is 35.5. The molecule has 0 unspecified atom stereocenters. The molecule has 1 saturated carbocycles. The lowest BCUT2D eigenvalue weighted by Crippen LogP contribution is -2.30. The Balaban J connectivity index is 1.87. The number of hydrogen-bond acceptors (Lipinski definition) is 4. The van der Waals surface area contributed by atoms with Crippen molar-refractivity contribution >= 4 is 23.3 Å². The molecule has 1 fully saturated rings. The fraction of sp³-hybridized carbons (Fsp3) is 0.538. The number of hydrogen-bond donors (Lipinski definition) is 1. The number of ether oxygens (including phenoxy) is 1. The average Bonchev–Trinajstić information content (AvgIpc) is 2.41. The van der Waals surface area contributed by atoms with Gasteiger partial charge in [-0.3, -0.25) is 9.78 Å². The fourth-order valence-electron chi connectivity index (χ4n) is 2.35. The summed E-state index contributed by atoms with van der Waals surface area (Å²) in [7, 11) is 1.45. The van der Waals surface area contributed by atoms with Gasteiger partial charge in [0.2, 0.25) is 0 Å². The van der Waals surface area contributed by atoms with Crippen molar-refractivity contribution in [1.82, 2.24) is 4.98 Å². The SMILES string of the molecule is COC(=O)C1CCC(Nc2ccncc2Cl)CC1. The maximum Gasteiger partial charge on any atom is 0.308 e. The number of nitrogens with one attached hydrogen (secondary N) is 1. The molecule has 18 heavy (non-hydrogen) atoms. The van der Waals surface area contributed by atoms with E-state index in [1.165, 1.54) is 7.11 Å². The zero-order valence-electron chi connectivity index (χ0n) is 10.4. The fourth-order valence-corrected chi connectivity index (χ4v) is 2.53. The third kappa shape index (κ3) is 3.13. The van der Waals surface area contributed by atoms with E-state index in [0.717, 1.165) is 31.4 Å². The number of esters is 1. The summed E-state index contributed by atoms with van der Waals surface area (Å²) in [5, 5.41) is 4.03. The largest absolute Gasteiger partial charge is 0.469 e. The van der Waals surface area contributed by atoms with Gasteiger partial charge in [0.05, 0.1) is 23.7 Å². The van der Waals surface area contributed by atoms with E-state index < -0.39 is 0 Å². The summed E-state index contributed by atoms with van der Waals surface area (Å²) in [6.07, 6.45) is 7.00.